The number of rotatable bonds is 7. The van der Waals surface area contributed by atoms with Crippen LogP contribution in [0.3, 0.4) is 0 Å². The van der Waals surface area contributed by atoms with Crippen LogP contribution in [0.2, 0.25) is 0 Å². The Kier molecular flexibility index (Phi) is 5.71. The number of nitrogens with zero attached hydrogens (tertiary/aromatic N) is 1. The monoisotopic (exact) mass is 302 g/mol. The fourth-order valence-corrected chi connectivity index (χ4v) is 1.90. The zero-order chi connectivity index (χ0) is 15.8. The molecular formula is C16H18N2O4. The maximum atomic E-state index is 11.8. The number of hydrogen-bond donors (Lipinski definition) is 1. The second-order valence-electron chi connectivity index (χ2n) is 4.67. The number of nitrogens with one attached hydrogen (secondary N) is 1. The van der Waals surface area contributed by atoms with Crippen molar-refractivity contribution in [3.63, 3.8) is 0 Å². The van der Waals surface area contributed by atoms with Gasteiger partial charge >= 0.3 is 5.97 Å². The largest absolute Gasteiger partial charge is 0.461 e. The zero-order valence-corrected chi connectivity index (χ0v) is 12.4. The van der Waals surface area contributed by atoms with Gasteiger partial charge in [-0.05, 0) is 25.5 Å². The predicted molar refractivity (Wildman–Crippen MR) is 80.5 cm³/mol. The number of carbonyl (C=O) groups is 2. The average molecular weight is 302 g/mol. The maximum Gasteiger partial charge on any atom is 0.360 e. The number of amides is 1. The molecule has 0 radical (unpaired) electrons. The number of esters is 1. The van der Waals surface area contributed by atoms with E-state index in [1.807, 2.05) is 30.3 Å². The van der Waals surface area contributed by atoms with Crippen molar-refractivity contribution in [3.8, 4) is 0 Å². The third-order valence-electron chi connectivity index (χ3n) is 2.93. The molecule has 1 heterocycles. The number of ether oxygens (including phenoxy) is 1. The molecule has 0 spiro atoms. The highest BCUT2D eigenvalue weighted by molar-refractivity contribution is 5.90. The molecular weight excluding hydrogens is 284 g/mol. The van der Waals surface area contributed by atoms with E-state index in [1.54, 1.807) is 13.0 Å². The van der Waals surface area contributed by atoms with Crippen molar-refractivity contribution in [1.82, 2.24) is 5.16 Å². The third kappa shape index (κ3) is 4.73. The maximum absolute atomic E-state index is 11.8. The molecule has 0 aliphatic rings. The van der Waals surface area contributed by atoms with Gasteiger partial charge in [0.1, 0.15) is 5.76 Å². The number of para-hydroxylation sites is 1. The summed E-state index contributed by atoms with van der Waals surface area (Å²) in [7, 11) is 0. The van der Waals surface area contributed by atoms with Crippen LogP contribution in [-0.4, -0.2) is 23.6 Å². The molecule has 6 nitrogen and oxygen atoms in total. The molecule has 0 unspecified atom stereocenters. The van der Waals surface area contributed by atoms with Crippen LogP contribution in [0.25, 0.3) is 0 Å². The number of aryl methyl sites for hydroxylation is 1. The lowest BCUT2D eigenvalue weighted by molar-refractivity contribution is -0.116. The molecule has 0 fully saturated rings. The van der Waals surface area contributed by atoms with Crippen LogP contribution in [0.4, 0.5) is 5.69 Å². The van der Waals surface area contributed by atoms with E-state index < -0.39 is 5.97 Å². The van der Waals surface area contributed by atoms with Gasteiger partial charge in [-0.1, -0.05) is 23.4 Å². The second-order valence-corrected chi connectivity index (χ2v) is 4.67. The standard InChI is InChI=1S/C16H18N2O4/c1-2-21-16(20)14-11-13(22-18-14)9-6-10-15(19)17-12-7-4-3-5-8-12/h3-5,7-8,11H,2,6,9-10H2,1H3,(H,17,19). The summed E-state index contributed by atoms with van der Waals surface area (Å²) in [5.41, 5.74) is 0.933. The first-order valence-corrected chi connectivity index (χ1v) is 7.16. The van der Waals surface area contributed by atoms with Gasteiger partial charge in [-0.3, -0.25) is 4.79 Å². The predicted octanol–water partition coefficient (Wildman–Crippen LogP) is 2.81. The van der Waals surface area contributed by atoms with Crippen molar-refractivity contribution in [1.29, 1.82) is 0 Å². The van der Waals surface area contributed by atoms with Crippen molar-refractivity contribution in [2.45, 2.75) is 26.2 Å². The Morgan fingerprint density at radius 3 is 2.77 bits per heavy atom. The Morgan fingerprint density at radius 2 is 2.05 bits per heavy atom. The molecule has 0 aliphatic carbocycles. The normalized spacial score (nSPS) is 10.2. The van der Waals surface area contributed by atoms with Gasteiger partial charge < -0.3 is 14.6 Å². The lowest BCUT2D eigenvalue weighted by Crippen LogP contribution is -2.11. The SMILES string of the molecule is CCOC(=O)c1cc(CCCC(=O)Nc2ccccc2)on1. The van der Waals surface area contributed by atoms with Crippen molar-refractivity contribution < 1.29 is 18.8 Å². The first kappa shape index (κ1) is 15.8. The molecule has 1 aromatic heterocycles. The Balaban J connectivity index is 1.74. The highest BCUT2D eigenvalue weighted by atomic mass is 16.5. The summed E-state index contributed by atoms with van der Waals surface area (Å²) in [6, 6.07) is 10.8. The highest BCUT2D eigenvalue weighted by Crippen LogP contribution is 2.10. The number of hydrogen-bond acceptors (Lipinski definition) is 5. The van der Waals surface area contributed by atoms with Crippen LogP contribution in [0.1, 0.15) is 36.0 Å². The van der Waals surface area contributed by atoms with E-state index in [9.17, 15) is 9.59 Å². The van der Waals surface area contributed by atoms with Gasteiger partial charge in [0.15, 0.2) is 5.69 Å². The highest BCUT2D eigenvalue weighted by Gasteiger charge is 2.13. The quantitative estimate of drug-likeness (QED) is 0.795. The van der Waals surface area contributed by atoms with E-state index in [0.717, 1.165) is 5.69 Å². The van der Waals surface area contributed by atoms with Gasteiger partial charge in [0, 0.05) is 24.6 Å². The van der Waals surface area contributed by atoms with E-state index in [1.165, 1.54) is 0 Å². The molecule has 0 saturated carbocycles. The summed E-state index contributed by atoms with van der Waals surface area (Å²) in [6.07, 6.45) is 1.51. The van der Waals surface area contributed by atoms with E-state index in [-0.39, 0.29) is 11.6 Å². The third-order valence-corrected chi connectivity index (χ3v) is 2.93. The van der Waals surface area contributed by atoms with Crippen molar-refractivity contribution in [2.24, 2.45) is 0 Å². The first-order valence-electron chi connectivity index (χ1n) is 7.16. The van der Waals surface area contributed by atoms with Crippen LogP contribution in [0, 0.1) is 0 Å². The van der Waals surface area contributed by atoms with Crippen LogP contribution in [-0.2, 0) is 16.0 Å². The average Bonchev–Trinajstić information content (AvgIpc) is 2.97. The molecule has 22 heavy (non-hydrogen) atoms. The molecule has 1 amide bonds. The van der Waals surface area contributed by atoms with E-state index >= 15 is 0 Å². The molecule has 6 heteroatoms. The Morgan fingerprint density at radius 1 is 1.27 bits per heavy atom. The fraction of sp³-hybridized carbons (Fsp3) is 0.312. The zero-order valence-electron chi connectivity index (χ0n) is 12.4. The molecule has 116 valence electrons. The van der Waals surface area contributed by atoms with Gasteiger partial charge in [0.05, 0.1) is 6.61 Å². The summed E-state index contributed by atoms with van der Waals surface area (Å²) < 4.78 is 9.87. The van der Waals surface area contributed by atoms with Crippen LogP contribution >= 0.6 is 0 Å². The lowest BCUT2D eigenvalue weighted by Gasteiger charge is -2.03. The van der Waals surface area contributed by atoms with Gasteiger partial charge in [0.25, 0.3) is 0 Å². The molecule has 1 aromatic carbocycles. The van der Waals surface area contributed by atoms with Crippen molar-refractivity contribution in [3.05, 3.63) is 47.9 Å². The van der Waals surface area contributed by atoms with Crippen LogP contribution in [0.15, 0.2) is 40.9 Å². The minimum absolute atomic E-state index is 0.0590. The minimum atomic E-state index is -0.501. The fourth-order valence-electron chi connectivity index (χ4n) is 1.90. The van der Waals surface area contributed by atoms with Gasteiger partial charge in [-0.25, -0.2) is 4.79 Å². The van der Waals surface area contributed by atoms with Crippen LogP contribution in [0.5, 0.6) is 0 Å². The van der Waals surface area contributed by atoms with Gasteiger partial charge in [-0.15, -0.1) is 0 Å². The number of anilines is 1. The molecule has 0 atom stereocenters. The van der Waals surface area contributed by atoms with E-state index in [2.05, 4.69) is 10.5 Å². The summed E-state index contributed by atoms with van der Waals surface area (Å²) in [5, 5.41) is 6.46. The van der Waals surface area contributed by atoms with Gasteiger partial charge in [0.2, 0.25) is 5.91 Å². The summed E-state index contributed by atoms with van der Waals surface area (Å²) in [6.45, 7) is 2.02. The lowest BCUT2D eigenvalue weighted by atomic mass is 10.2. The van der Waals surface area contributed by atoms with Gasteiger partial charge in [-0.2, -0.15) is 0 Å². The Labute approximate surface area is 128 Å². The first-order chi connectivity index (χ1) is 10.7. The van der Waals surface area contributed by atoms with Crippen molar-refractivity contribution in [2.75, 3.05) is 11.9 Å². The second kappa shape index (κ2) is 7.97. The molecule has 0 bridgehead atoms. The topological polar surface area (TPSA) is 81.4 Å². The van der Waals surface area contributed by atoms with Crippen molar-refractivity contribution >= 4 is 17.6 Å². The van der Waals surface area contributed by atoms with Crippen LogP contribution < -0.4 is 5.32 Å². The number of benzene rings is 1. The summed E-state index contributed by atoms with van der Waals surface area (Å²) in [4.78, 5) is 23.2. The molecule has 0 aliphatic heterocycles. The molecule has 1 N–H and O–H groups in total. The molecule has 2 aromatic rings. The molecule has 2 rings (SSSR count). The number of carbonyl (C=O) groups excluding carboxylic acids is 2. The Bertz CT molecular complexity index is 622. The smallest absolute Gasteiger partial charge is 0.360 e. The minimum Gasteiger partial charge on any atom is -0.461 e. The number of aromatic nitrogens is 1. The van der Waals surface area contributed by atoms with E-state index in [0.29, 0.717) is 31.6 Å². The Hall–Kier alpha value is -2.63. The molecule has 0 saturated heterocycles. The van der Waals surface area contributed by atoms with E-state index in [4.69, 9.17) is 9.26 Å². The summed E-state index contributed by atoms with van der Waals surface area (Å²) >= 11 is 0. The summed E-state index contributed by atoms with van der Waals surface area (Å²) in [5.74, 6) is 0.00576.